The molecule has 1 unspecified atom stereocenters. The van der Waals surface area contributed by atoms with Crippen molar-refractivity contribution in [2.45, 2.75) is 45.8 Å². The van der Waals surface area contributed by atoms with Crippen molar-refractivity contribution in [2.75, 3.05) is 13.2 Å². The molecule has 1 rings (SSSR count). The zero-order valence-corrected chi connectivity index (χ0v) is 12.3. The van der Waals surface area contributed by atoms with E-state index in [1.165, 1.54) is 0 Å². The number of rotatable bonds is 7. The molecule has 5 heteroatoms. The number of nitrogens with zero attached hydrogens (tertiary/aromatic N) is 2. The van der Waals surface area contributed by atoms with Gasteiger partial charge in [0, 0.05) is 19.3 Å². The van der Waals surface area contributed by atoms with Gasteiger partial charge >= 0.3 is 0 Å². The standard InChI is InChI=1S/C12H21BrN2O2/c1-4-17-7-5-6-11(16)12-10(13)8-14-15(12)9(2)3/h8-9,11,16H,4-7H2,1-3H3. The molecule has 1 atom stereocenters. The number of halogens is 1. The molecule has 0 bridgehead atoms. The minimum atomic E-state index is -0.491. The second-order valence-corrected chi connectivity index (χ2v) is 5.13. The normalized spacial score (nSPS) is 13.3. The van der Waals surface area contributed by atoms with Crippen molar-refractivity contribution in [2.24, 2.45) is 0 Å². The molecule has 98 valence electrons. The van der Waals surface area contributed by atoms with E-state index in [-0.39, 0.29) is 6.04 Å². The van der Waals surface area contributed by atoms with Crippen LogP contribution in [0.15, 0.2) is 10.7 Å². The van der Waals surface area contributed by atoms with Crippen LogP contribution in [0.4, 0.5) is 0 Å². The maximum atomic E-state index is 10.2. The maximum absolute atomic E-state index is 10.2. The lowest BCUT2D eigenvalue weighted by Crippen LogP contribution is -2.12. The fourth-order valence-corrected chi connectivity index (χ4v) is 2.27. The maximum Gasteiger partial charge on any atom is 0.0969 e. The lowest BCUT2D eigenvalue weighted by molar-refractivity contribution is 0.109. The number of hydrogen-bond acceptors (Lipinski definition) is 3. The van der Waals surface area contributed by atoms with Crippen molar-refractivity contribution in [1.82, 2.24) is 9.78 Å². The Bertz CT molecular complexity index is 339. The van der Waals surface area contributed by atoms with Gasteiger partial charge in [-0.3, -0.25) is 4.68 Å². The predicted molar refractivity (Wildman–Crippen MR) is 71.0 cm³/mol. The average molecular weight is 305 g/mol. The van der Waals surface area contributed by atoms with E-state index in [4.69, 9.17) is 4.74 Å². The van der Waals surface area contributed by atoms with E-state index in [0.717, 1.165) is 23.2 Å². The van der Waals surface area contributed by atoms with Crippen LogP contribution in [0.25, 0.3) is 0 Å². The molecule has 0 saturated heterocycles. The van der Waals surface area contributed by atoms with Crippen LogP contribution >= 0.6 is 15.9 Å². The summed E-state index contributed by atoms with van der Waals surface area (Å²) in [5, 5.41) is 14.4. The van der Waals surface area contributed by atoms with Gasteiger partial charge in [0.05, 0.1) is 22.5 Å². The highest BCUT2D eigenvalue weighted by atomic mass is 79.9. The highest BCUT2D eigenvalue weighted by Crippen LogP contribution is 2.28. The Labute approximate surface area is 111 Å². The van der Waals surface area contributed by atoms with E-state index in [0.29, 0.717) is 13.0 Å². The fraction of sp³-hybridized carbons (Fsp3) is 0.750. The summed E-state index contributed by atoms with van der Waals surface area (Å²) in [4.78, 5) is 0. The summed E-state index contributed by atoms with van der Waals surface area (Å²) in [6.07, 6.45) is 2.79. The van der Waals surface area contributed by atoms with Gasteiger partial charge in [-0.15, -0.1) is 0 Å². The first kappa shape index (κ1) is 14.7. The summed E-state index contributed by atoms with van der Waals surface area (Å²) in [7, 11) is 0. The molecule has 1 aromatic heterocycles. The van der Waals surface area contributed by atoms with Gasteiger partial charge < -0.3 is 9.84 Å². The highest BCUT2D eigenvalue weighted by molar-refractivity contribution is 9.10. The summed E-state index contributed by atoms with van der Waals surface area (Å²) in [5.41, 5.74) is 0.858. The van der Waals surface area contributed by atoms with Gasteiger partial charge in [0.1, 0.15) is 0 Å². The molecule has 0 spiro atoms. The third-order valence-electron chi connectivity index (χ3n) is 2.56. The minimum Gasteiger partial charge on any atom is -0.387 e. The van der Waals surface area contributed by atoms with Crippen molar-refractivity contribution < 1.29 is 9.84 Å². The molecule has 1 N–H and O–H groups in total. The molecule has 1 aromatic rings. The Morgan fingerprint density at radius 2 is 2.24 bits per heavy atom. The predicted octanol–water partition coefficient (Wildman–Crippen LogP) is 3.08. The van der Waals surface area contributed by atoms with Gasteiger partial charge in [-0.25, -0.2) is 0 Å². The Morgan fingerprint density at radius 3 is 2.82 bits per heavy atom. The second kappa shape index (κ2) is 7.13. The van der Waals surface area contributed by atoms with Crippen LogP contribution in [0.2, 0.25) is 0 Å². The molecule has 0 radical (unpaired) electrons. The van der Waals surface area contributed by atoms with E-state index in [2.05, 4.69) is 34.9 Å². The highest BCUT2D eigenvalue weighted by Gasteiger charge is 2.18. The zero-order valence-electron chi connectivity index (χ0n) is 10.7. The van der Waals surface area contributed by atoms with E-state index in [1.54, 1.807) is 6.20 Å². The first-order chi connectivity index (χ1) is 8.07. The summed E-state index contributed by atoms with van der Waals surface area (Å²) >= 11 is 3.43. The number of hydrogen-bond donors (Lipinski definition) is 1. The molecular formula is C12H21BrN2O2. The third-order valence-corrected chi connectivity index (χ3v) is 3.17. The van der Waals surface area contributed by atoms with Gasteiger partial charge in [-0.2, -0.15) is 5.10 Å². The van der Waals surface area contributed by atoms with Gasteiger partial charge in [-0.1, -0.05) is 0 Å². The topological polar surface area (TPSA) is 47.3 Å². The molecule has 0 saturated carbocycles. The van der Waals surface area contributed by atoms with Gasteiger partial charge in [-0.05, 0) is 49.5 Å². The molecule has 4 nitrogen and oxygen atoms in total. The Kier molecular flexibility index (Phi) is 6.16. The first-order valence-corrected chi connectivity index (χ1v) is 6.85. The molecule has 0 fully saturated rings. The molecule has 0 aliphatic heterocycles. The van der Waals surface area contributed by atoms with Crippen molar-refractivity contribution >= 4 is 15.9 Å². The second-order valence-electron chi connectivity index (χ2n) is 4.27. The quantitative estimate of drug-likeness (QED) is 0.788. The SMILES string of the molecule is CCOCCCC(O)c1c(Br)cnn1C(C)C. The van der Waals surface area contributed by atoms with Crippen molar-refractivity contribution in [3.8, 4) is 0 Å². The van der Waals surface area contributed by atoms with Crippen molar-refractivity contribution in [1.29, 1.82) is 0 Å². The zero-order chi connectivity index (χ0) is 12.8. The summed E-state index contributed by atoms with van der Waals surface area (Å²) < 4.78 is 7.99. The first-order valence-electron chi connectivity index (χ1n) is 6.06. The van der Waals surface area contributed by atoms with Gasteiger partial charge in [0.2, 0.25) is 0 Å². The number of aromatic nitrogens is 2. The Balaban J connectivity index is 2.61. The molecule has 0 aliphatic rings. The van der Waals surface area contributed by atoms with Crippen LogP contribution in [0.5, 0.6) is 0 Å². The molecule has 17 heavy (non-hydrogen) atoms. The van der Waals surface area contributed by atoms with Crippen LogP contribution < -0.4 is 0 Å². The number of aliphatic hydroxyl groups excluding tert-OH is 1. The van der Waals surface area contributed by atoms with Crippen LogP contribution in [-0.4, -0.2) is 28.1 Å². The van der Waals surface area contributed by atoms with Crippen molar-refractivity contribution in [3.63, 3.8) is 0 Å². The average Bonchev–Trinajstić information content (AvgIpc) is 2.66. The minimum absolute atomic E-state index is 0.248. The largest absolute Gasteiger partial charge is 0.387 e. The fourth-order valence-electron chi connectivity index (χ4n) is 1.73. The lowest BCUT2D eigenvalue weighted by atomic mass is 10.1. The van der Waals surface area contributed by atoms with Crippen LogP contribution in [0.3, 0.4) is 0 Å². The van der Waals surface area contributed by atoms with Crippen molar-refractivity contribution in [3.05, 3.63) is 16.4 Å². The smallest absolute Gasteiger partial charge is 0.0969 e. The molecule has 1 heterocycles. The third kappa shape index (κ3) is 4.08. The lowest BCUT2D eigenvalue weighted by Gasteiger charge is -2.16. The summed E-state index contributed by atoms with van der Waals surface area (Å²) in [5.74, 6) is 0. The summed E-state index contributed by atoms with van der Waals surface area (Å²) in [6.45, 7) is 7.50. The number of aliphatic hydroxyl groups is 1. The van der Waals surface area contributed by atoms with E-state index in [1.807, 2.05) is 11.6 Å². The van der Waals surface area contributed by atoms with Gasteiger partial charge in [0.15, 0.2) is 0 Å². The van der Waals surface area contributed by atoms with E-state index >= 15 is 0 Å². The van der Waals surface area contributed by atoms with Crippen LogP contribution in [0, 0.1) is 0 Å². The molecular weight excluding hydrogens is 284 g/mol. The monoisotopic (exact) mass is 304 g/mol. The van der Waals surface area contributed by atoms with Gasteiger partial charge in [0.25, 0.3) is 0 Å². The molecule has 0 aromatic carbocycles. The molecule has 0 aliphatic carbocycles. The van der Waals surface area contributed by atoms with Crippen LogP contribution in [-0.2, 0) is 4.74 Å². The van der Waals surface area contributed by atoms with Crippen LogP contribution in [0.1, 0.15) is 51.5 Å². The Hall–Kier alpha value is -0.390. The number of ether oxygens (including phenoxy) is 1. The van der Waals surface area contributed by atoms with E-state index in [9.17, 15) is 5.11 Å². The summed E-state index contributed by atoms with van der Waals surface area (Å²) in [6, 6.07) is 0.248. The molecule has 0 amide bonds. The Morgan fingerprint density at radius 1 is 1.53 bits per heavy atom. The van der Waals surface area contributed by atoms with E-state index < -0.39 is 6.10 Å².